The van der Waals surface area contributed by atoms with Crippen LogP contribution in [0, 0.1) is 13.8 Å². The molecule has 0 aromatic heterocycles. The van der Waals surface area contributed by atoms with Crippen LogP contribution in [0.15, 0.2) is 12.1 Å². The molecule has 0 fully saturated rings. The second kappa shape index (κ2) is 3.80. The number of ketones is 1. The molecular weight excluding hydrogens is 180 g/mol. The normalized spacial score (nSPS) is 12.6. The topological polar surface area (TPSA) is 57.5 Å². The van der Waals surface area contributed by atoms with Gasteiger partial charge in [0.15, 0.2) is 5.78 Å². The van der Waals surface area contributed by atoms with Gasteiger partial charge in [0.1, 0.15) is 11.9 Å². The minimum Gasteiger partial charge on any atom is -0.507 e. The Morgan fingerprint density at radius 3 is 2.07 bits per heavy atom. The van der Waals surface area contributed by atoms with Crippen LogP contribution in [0.2, 0.25) is 0 Å². The van der Waals surface area contributed by atoms with Gasteiger partial charge in [0.25, 0.3) is 0 Å². The molecule has 1 aromatic carbocycles. The Bertz CT molecular complexity index is 344. The third kappa shape index (κ3) is 1.93. The molecule has 1 atom stereocenters. The summed E-state index contributed by atoms with van der Waals surface area (Å²) in [5.74, 6) is -0.122. The number of benzene rings is 1. The number of hydrogen-bond acceptors (Lipinski definition) is 3. The minimum atomic E-state index is -1.00. The van der Waals surface area contributed by atoms with Crippen molar-refractivity contribution < 1.29 is 15.0 Å². The Kier molecular flexibility index (Phi) is 2.91. The summed E-state index contributed by atoms with van der Waals surface area (Å²) >= 11 is 0. The molecule has 0 saturated carbocycles. The van der Waals surface area contributed by atoms with Gasteiger partial charge in [0, 0.05) is 5.56 Å². The molecule has 14 heavy (non-hydrogen) atoms. The first kappa shape index (κ1) is 10.7. The summed E-state index contributed by atoms with van der Waals surface area (Å²) < 4.78 is 0. The average Bonchev–Trinajstić information content (AvgIpc) is 2.12. The number of aliphatic hydroxyl groups is 1. The molecule has 0 bridgehead atoms. The zero-order valence-electron chi connectivity index (χ0n) is 8.53. The fourth-order valence-corrected chi connectivity index (χ4v) is 1.34. The lowest BCUT2D eigenvalue weighted by Gasteiger charge is -2.08. The van der Waals surface area contributed by atoms with Crippen molar-refractivity contribution in [2.24, 2.45) is 0 Å². The third-order valence-corrected chi connectivity index (χ3v) is 2.16. The van der Waals surface area contributed by atoms with E-state index in [1.165, 1.54) is 6.92 Å². The van der Waals surface area contributed by atoms with Gasteiger partial charge >= 0.3 is 0 Å². The molecule has 0 amide bonds. The van der Waals surface area contributed by atoms with Crippen LogP contribution in [0.4, 0.5) is 0 Å². The number of aryl methyl sites for hydroxylation is 2. The molecule has 1 rings (SSSR count). The number of phenols is 1. The summed E-state index contributed by atoms with van der Waals surface area (Å²) in [7, 11) is 0. The molecule has 1 unspecified atom stereocenters. The van der Waals surface area contributed by atoms with Crippen LogP contribution in [0.1, 0.15) is 28.4 Å². The van der Waals surface area contributed by atoms with Crippen molar-refractivity contribution >= 4 is 5.78 Å². The summed E-state index contributed by atoms with van der Waals surface area (Å²) in [6, 6.07) is 3.16. The number of carbonyl (C=O) groups excluding carboxylic acids is 1. The Hall–Kier alpha value is -1.35. The van der Waals surface area contributed by atoms with Crippen molar-refractivity contribution in [2.45, 2.75) is 26.9 Å². The smallest absolute Gasteiger partial charge is 0.190 e. The highest BCUT2D eigenvalue weighted by Crippen LogP contribution is 2.23. The quantitative estimate of drug-likeness (QED) is 0.702. The monoisotopic (exact) mass is 194 g/mol. The van der Waals surface area contributed by atoms with Gasteiger partial charge in [-0.2, -0.15) is 0 Å². The summed E-state index contributed by atoms with van der Waals surface area (Å²) in [6.45, 7) is 4.88. The summed E-state index contributed by atoms with van der Waals surface area (Å²) in [5, 5.41) is 18.6. The van der Waals surface area contributed by atoms with Crippen LogP contribution in [-0.2, 0) is 0 Å². The zero-order chi connectivity index (χ0) is 10.9. The maximum atomic E-state index is 11.4. The number of carbonyl (C=O) groups is 1. The number of hydrogen-bond donors (Lipinski definition) is 2. The van der Waals surface area contributed by atoms with Crippen molar-refractivity contribution in [3.8, 4) is 5.75 Å². The van der Waals surface area contributed by atoms with Gasteiger partial charge in [0.2, 0.25) is 0 Å². The zero-order valence-corrected chi connectivity index (χ0v) is 8.53. The van der Waals surface area contributed by atoms with E-state index in [1.807, 2.05) is 0 Å². The molecule has 0 heterocycles. The Labute approximate surface area is 83.0 Å². The van der Waals surface area contributed by atoms with Gasteiger partial charge in [-0.3, -0.25) is 4.79 Å². The number of aromatic hydroxyl groups is 1. The molecule has 3 nitrogen and oxygen atoms in total. The number of aliphatic hydroxyl groups excluding tert-OH is 1. The lowest BCUT2D eigenvalue weighted by molar-refractivity contribution is 0.0779. The maximum absolute atomic E-state index is 11.4. The van der Waals surface area contributed by atoms with Crippen molar-refractivity contribution in [3.63, 3.8) is 0 Å². The average molecular weight is 194 g/mol. The van der Waals surface area contributed by atoms with E-state index in [0.29, 0.717) is 16.7 Å². The first-order chi connectivity index (χ1) is 6.43. The van der Waals surface area contributed by atoms with E-state index in [1.54, 1.807) is 26.0 Å². The van der Waals surface area contributed by atoms with E-state index >= 15 is 0 Å². The van der Waals surface area contributed by atoms with E-state index < -0.39 is 6.10 Å². The van der Waals surface area contributed by atoms with Gasteiger partial charge in [-0.05, 0) is 44.0 Å². The molecule has 76 valence electrons. The van der Waals surface area contributed by atoms with Gasteiger partial charge < -0.3 is 10.2 Å². The first-order valence-electron chi connectivity index (χ1n) is 4.46. The SMILES string of the molecule is Cc1cc(C(=O)C(C)O)cc(C)c1O. The molecule has 0 spiro atoms. The molecule has 1 aromatic rings. The first-order valence-corrected chi connectivity index (χ1v) is 4.46. The van der Waals surface area contributed by atoms with Crippen LogP contribution < -0.4 is 0 Å². The van der Waals surface area contributed by atoms with Crippen molar-refractivity contribution in [1.82, 2.24) is 0 Å². The highest BCUT2D eigenvalue weighted by Gasteiger charge is 2.14. The van der Waals surface area contributed by atoms with E-state index in [4.69, 9.17) is 5.11 Å². The van der Waals surface area contributed by atoms with Crippen LogP contribution in [0.25, 0.3) is 0 Å². The molecule has 0 radical (unpaired) electrons. The second-order valence-electron chi connectivity index (χ2n) is 3.50. The molecular formula is C11H14O3. The lowest BCUT2D eigenvalue weighted by Crippen LogP contribution is -2.16. The number of Topliss-reactive ketones (excluding diaryl/α,β-unsaturated/α-hetero) is 1. The van der Waals surface area contributed by atoms with Crippen LogP contribution in [0.5, 0.6) is 5.75 Å². The standard InChI is InChI=1S/C11H14O3/c1-6-4-9(11(14)8(3)12)5-7(2)10(6)13/h4-5,8,12-13H,1-3H3. The van der Waals surface area contributed by atoms with E-state index in [9.17, 15) is 9.90 Å². The van der Waals surface area contributed by atoms with Crippen LogP contribution in [-0.4, -0.2) is 22.1 Å². The molecule has 0 aliphatic rings. The highest BCUT2D eigenvalue weighted by atomic mass is 16.3. The predicted octanol–water partition coefficient (Wildman–Crippen LogP) is 1.57. The fourth-order valence-electron chi connectivity index (χ4n) is 1.34. The van der Waals surface area contributed by atoms with E-state index in [-0.39, 0.29) is 11.5 Å². The molecule has 0 saturated heterocycles. The molecule has 0 aliphatic heterocycles. The van der Waals surface area contributed by atoms with E-state index in [0.717, 1.165) is 0 Å². The van der Waals surface area contributed by atoms with Crippen molar-refractivity contribution in [2.75, 3.05) is 0 Å². The van der Waals surface area contributed by atoms with E-state index in [2.05, 4.69) is 0 Å². The summed E-state index contributed by atoms with van der Waals surface area (Å²) in [4.78, 5) is 11.4. The fraction of sp³-hybridized carbons (Fsp3) is 0.364. The van der Waals surface area contributed by atoms with Crippen LogP contribution in [0.3, 0.4) is 0 Å². The highest BCUT2D eigenvalue weighted by molar-refractivity contribution is 5.99. The third-order valence-electron chi connectivity index (χ3n) is 2.16. The van der Waals surface area contributed by atoms with Crippen molar-refractivity contribution in [1.29, 1.82) is 0 Å². The van der Waals surface area contributed by atoms with Gasteiger partial charge in [0.05, 0.1) is 0 Å². The molecule has 2 N–H and O–H groups in total. The summed E-state index contributed by atoms with van der Waals surface area (Å²) in [5.41, 5.74) is 1.73. The Balaban J connectivity index is 3.19. The maximum Gasteiger partial charge on any atom is 0.190 e. The summed E-state index contributed by atoms with van der Waals surface area (Å²) in [6.07, 6.45) is -1.00. The van der Waals surface area contributed by atoms with Crippen LogP contribution >= 0.6 is 0 Å². The van der Waals surface area contributed by atoms with Gasteiger partial charge in [-0.15, -0.1) is 0 Å². The molecule has 3 heteroatoms. The second-order valence-corrected chi connectivity index (χ2v) is 3.50. The predicted molar refractivity (Wildman–Crippen MR) is 53.6 cm³/mol. The van der Waals surface area contributed by atoms with Gasteiger partial charge in [-0.1, -0.05) is 0 Å². The Morgan fingerprint density at radius 2 is 1.71 bits per heavy atom. The lowest BCUT2D eigenvalue weighted by atomic mass is 10.0. The van der Waals surface area contributed by atoms with Gasteiger partial charge in [-0.25, -0.2) is 0 Å². The number of rotatable bonds is 2. The number of phenolic OH excluding ortho intramolecular Hbond substituents is 1. The Morgan fingerprint density at radius 1 is 1.29 bits per heavy atom. The minimum absolute atomic E-state index is 0.201. The van der Waals surface area contributed by atoms with Crippen molar-refractivity contribution in [3.05, 3.63) is 28.8 Å². The largest absolute Gasteiger partial charge is 0.507 e. The molecule has 0 aliphatic carbocycles.